The first-order chi connectivity index (χ1) is 16.3. The Bertz CT molecular complexity index is 1010. The number of amides is 2. The molecule has 1 N–H and O–H groups in total. The number of hydrogen-bond donors (Lipinski definition) is 1. The first-order valence-corrected chi connectivity index (χ1v) is 13.8. The van der Waals surface area contributed by atoms with Crippen LogP contribution < -0.4 is 15.1 Å². The predicted octanol–water partition coefficient (Wildman–Crippen LogP) is 2.11. The minimum atomic E-state index is -3.64. The molecular formula is C24H36N4O5S. The van der Waals surface area contributed by atoms with E-state index in [-0.39, 0.29) is 35.4 Å². The van der Waals surface area contributed by atoms with Gasteiger partial charge in [0.1, 0.15) is 12.6 Å². The number of fused-ring (bicyclic) bond motifs is 3. The van der Waals surface area contributed by atoms with Crippen molar-refractivity contribution in [1.29, 1.82) is 0 Å². The number of rotatable bonds is 9. The molecule has 10 heteroatoms. The van der Waals surface area contributed by atoms with Crippen LogP contribution in [0.5, 0.6) is 0 Å². The quantitative estimate of drug-likeness (QED) is 0.530. The number of benzene rings is 1. The Morgan fingerprint density at radius 2 is 1.85 bits per heavy atom. The number of piperidine rings is 1. The maximum absolute atomic E-state index is 13.5. The lowest BCUT2D eigenvalue weighted by atomic mass is 9.96. The van der Waals surface area contributed by atoms with Crippen LogP contribution in [0.4, 0.5) is 11.4 Å². The summed E-state index contributed by atoms with van der Waals surface area (Å²) < 4.78 is 33.4. The predicted molar refractivity (Wildman–Crippen MR) is 130 cm³/mol. The van der Waals surface area contributed by atoms with Gasteiger partial charge in [-0.1, -0.05) is 0 Å². The molecule has 1 aromatic carbocycles. The number of nitrogens with zero attached hydrogens (tertiary/aromatic N) is 3. The topological polar surface area (TPSA) is 99.3 Å². The highest BCUT2D eigenvalue weighted by Crippen LogP contribution is 2.41. The molecule has 1 aromatic rings. The number of sulfonamides is 1. The first kappa shape index (κ1) is 24.9. The zero-order valence-corrected chi connectivity index (χ0v) is 21.0. The van der Waals surface area contributed by atoms with Gasteiger partial charge < -0.3 is 15.0 Å². The Morgan fingerprint density at radius 1 is 1.12 bits per heavy atom. The van der Waals surface area contributed by atoms with Crippen molar-refractivity contribution in [2.45, 2.75) is 69.4 Å². The fourth-order valence-electron chi connectivity index (χ4n) is 4.96. The molecule has 0 bridgehead atoms. The summed E-state index contributed by atoms with van der Waals surface area (Å²) in [7, 11) is -3.64. The summed E-state index contributed by atoms with van der Waals surface area (Å²) in [6, 6.07) is 4.71. The van der Waals surface area contributed by atoms with Gasteiger partial charge >= 0.3 is 0 Å². The Labute approximate surface area is 202 Å². The molecule has 1 atom stereocenters. The molecule has 0 radical (unpaired) electrons. The molecule has 0 saturated carbocycles. The van der Waals surface area contributed by atoms with Gasteiger partial charge in [0.2, 0.25) is 21.8 Å². The summed E-state index contributed by atoms with van der Waals surface area (Å²) in [6.07, 6.45) is 5.21. The molecule has 188 valence electrons. The molecule has 3 heterocycles. The van der Waals surface area contributed by atoms with Crippen molar-refractivity contribution in [1.82, 2.24) is 9.62 Å². The molecule has 3 aliphatic heterocycles. The Morgan fingerprint density at radius 3 is 2.59 bits per heavy atom. The van der Waals surface area contributed by atoms with Crippen LogP contribution in [0.1, 0.15) is 52.4 Å². The van der Waals surface area contributed by atoms with Crippen molar-refractivity contribution < 1.29 is 22.7 Å². The Balaban J connectivity index is 1.56. The SMILES string of the molecule is CC(C)OCCCNC(=O)CN1C(=O)[C@H]2CCCCN2c2ccc(S(=O)(=O)N3CCCC3)cc21. The summed E-state index contributed by atoms with van der Waals surface area (Å²) >= 11 is 0. The second-order valence-corrected chi connectivity index (χ2v) is 11.5. The lowest BCUT2D eigenvalue weighted by Crippen LogP contribution is -2.57. The maximum atomic E-state index is 13.5. The molecule has 9 nitrogen and oxygen atoms in total. The molecule has 0 aromatic heterocycles. The second kappa shape index (κ2) is 10.6. The molecule has 34 heavy (non-hydrogen) atoms. The Hall–Kier alpha value is -2.17. The summed E-state index contributed by atoms with van der Waals surface area (Å²) in [6.45, 7) is 6.58. The zero-order chi connectivity index (χ0) is 24.3. The average molecular weight is 493 g/mol. The van der Waals surface area contributed by atoms with Gasteiger partial charge in [-0.25, -0.2) is 8.42 Å². The van der Waals surface area contributed by atoms with E-state index in [0.717, 1.165) is 44.3 Å². The standard InChI is InChI=1S/C24H36N4O5S/c1-18(2)33-15-7-11-25-23(29)17-28-22-16-19(34(31,32)26-12-5-6-13-26)9-10-20(22)27-14-4-3-8-21(27)24(28)30/h9-10,16,18,21H,3-8,11-15,17H2,1-2H3,(H,25,29)/t21-/m1/s1. The van der Waals surface area contributed by atoms with E-state index in [1.165, 1.54) is 9.21 Å². The van der Waals surface area contributed by atoms with E-state index in [0.29, 0.717) is 38.3 Å². The van der Waals surface area contributed by atoms with Crippen LogP contribution in [0.2, 0.25) is 0 Å². The molecule has 3 aliphatic rings. The van der Waals surface area contributed by atoms with E-state index in [1.54, 1.807) is 18.2 Å². The van der Waals surface area contributed by atoms with E-state index in [4.69, 9.17) is 4.74 Å². The molecule has 2 amide bonds. The highest BCUT2D eigenvalue weighted by molar-refractivity contribution is 7.89. The van der Waals surface area contributed by atoms with Crippen LogP contribution in [-0.4, -0.2) is 76.0 Å². The van der Waals surface area contributed by atoms with E-state index in [1.807, 2.05) is 13.8 Å². The lowest BCUT2D eigenvalue weighted by molar-refractivity contribution is -0.125. The van der Waals surface area contributed by atoms with Gasteiger partial charge in [0, 0.05) is 32.8 Å². The van der Waals surface area contributed by atoms with Crippen LogP contribution in [0, 0.1) is 0 Å². The number of hydrogen-bond acceptors (Lipinski definition) is 6. The minimum Gasteiger partial charge on any atom is -0.379 e. The average Bonchev–Trinajstić information content (AvgIpc) is 3.37. The van der Waals surface area contributed by atoms with Gasteiger partial charge in [0.15, 0.2) is 0 Å². The molecule has 4 rings (SSSR count). The molecular weight excluding hydrogens is 456 g/mol. The molecule has 0 unspecified atom stereocenters. The van der Waals surface area contributed by atoms with E-state index < -0.39 is 10.0 Å². The van der Waals surface area contributed by atoms with E-state index in [9.17, 15) is 18.0 Å². The van der Waals surface area contributed by atoms with Crippen LogP contribution >= 0.6 is 0 Å². The van der Waals surface area contributed by atoms with Crippen LogP contribution in [0.15, 0.2) is 23.1 Å². The van der Waals surface area contributed by atoms with Crippen molar-refractivity contribution in [2.24, 2.45) is 0 Å². The van der Waals surface area contributed by atoms with Crippen LogP contribution in [0.25, 0.3) is 0 Å². The van der Waals surface area contributed by atoms with Gasteiger partial charge in [0.25, 0.3) is 0 Å². The number of carbonyl (C=O) groups excluding carboxylic acids is 2. The fourth-order valence-corrected chi connectivity index (χ4v) is 6.49. The van der Waals surface area contributed by atoms with Crippen molar-refractivity contribution in [3.63, 3.8) is 0 Å². The number of carbonyl (C=O) groups is 2. The highest BCUT2D eigenvalue weighted by atomic mass is 32.2. The normalized spacial score (nSPS) is 21.0. The number of anilines is 2. The largest absolute Gasteiger partial charge is 0.379 e. The molecule has 0 spiro atoms. The second-order valence-electron chi connectivity index (χ2n) is 9.51. The van der Waals surface area contributed by atoms with E-state index in [2.05, 4.69) is 10.2 Å². The van der Waals surface area contributed by atoms with Crippen molar-refractivity contribution >= 4 is 33.2 Å². The lowest BCUT2D eigenvalue weighted by Gasteiger charge is -2.45. The third-order valence-electron chi connectivity index (χ3n) is 6.70. The molecule has 2 fully saturated rings. The van der Waals surface area contributed by atoms with E-state index >= 15 is 0 Å². The van der Waals surface area contributed by atoms with Crippen molar-refractivity contribution in [2.75, 3.05) is 49.1 Å². The minimum absolute atomic E-state index is 0.131. The summed E-state index contributed by atoms with van der Waals surface area (Å²) in [5.74, 6) is -0.401. The van der Waals surface area contributed by atoms with Gasteiger partial charge in [-0.2, -0.15) is 4.31 Å². The summed E-state index contributed by atoms with van der Waals surface area (Å²) in [5, 5.41) is 2.86. The van der Waals surface area contributed by atoms with Crippen LogP contribution in [0.3, 0.4) is 0 Å². The van der Waals surface area contributed by atoms with Gasteiger partial charge in [-0.15, -0.1) is 0 Å². The van der Waals surface area contributed by atoms with Gasteiger partial charge in [0.05, 0.1) is 22.4 Å². The summed E-state index contributed by atoms with van der Waals surface area (Å²) in [4.78, 5) is 29.9. The summed E-state index contributed by atoms with van der Waals surface area (Å²) in [5.41, 5.74) is 1.32. The fraction of sp³-hybridized carbons (Fsp3) is 0.667. The molecule has 0 aliphatic carbocycles. The first-order valence-electron chi connectivity index (χ1n) is 12.4. The highest BCUT2D eigenvalue weighted by Gasteiger charge is 2.41. The third-order valence-corrected chi connectivity index (χ3v) is 8.59. The Kier molecular flexibility index (Phi) is 7.79. The van der Waals surface area contributed by atoms with Gasteiger partial charge in [-0.3, -0.25) is 14.5 Å². The number of ether oxygens (including phenoxy) is 1. The van der Waals surface area contributed by atoms with Crippen molar-refractivity contribution in [3.8, 4) is 0 Å². The zero-order valence-electron chi connectivity index (χ0n) is 20.2. The van der Waals surface area contributed by atoms with Crippen molar-refractivity contribution in [3.05, 3.63) is 18.2 Å². The molecule has 2 saturated heterocycles. The number of nitrogens with one attached hydrogen (secondary N) is 1. The monoisotopic (exact) mass is 492 g/mol. The maximum Gasteiger partial charge on any atom is 0.250 e. The third kappa shape index (κ3) is 5.23. The smallest absolute Gasteiger partial charge is 0.250 e. The van der Waals surface area contributed by atoms with Crippen LogP contribution in [-0.2, 0) is 24.3 Å². The van der Waals surface area contributed by atoms with Gasteiger partial charge in [-0.05, 0) is 70.6 Å².